The molecule has 2 rings (SSSR count). The van der Waals surface area contributed by atoms with Crippen molar-refractivity contribution in [2.24, 2.45) is 0 Å². The molecule has 0 aromatic rings. The quantitative estimate of drug-likeness (QED) is 0.546. The lowest BCUT2D eigenvalue weighted by Gasteiger charge is -2.36. The summed E-state index contributed by atoms with van der Waals surface area (Å²) in [6, 6.07) is 0.683. The Kier molecular flexibility index (Phi) is 4.78. The van der Waals surface area contributed by atoms with Gasteiger partial charge in [-0.1, -0.05) is 12.8 Å². The van der Waals surface area contributed by atoms with Gasteiger partial charge in [-0.25, -0.2) is 0 Å². The first kappa shape index (κ1) is 10.5. The molecule has 1 saturated heterocycles. The third-order valence-electron chi connectivity index (χ3n) is 2.54. The minimum absolute atomic E-state index is 0.250. The number of hydrogen-bond acceptors (Lipinski definition) is 3. The highest BCUT2D eigenvalue weighted by Crippen LogP contribution is 2.22. The van der Waals surface area contributed by atoms with Crippen LogP contribution in [0.15, 0.2) is 0 Å². The van der Waals surface area contributed by atoms with Gasteiger partial charge in [-0.15, -0.1) is 0 Å². The topological polar surface area (TPSA) is 58.6 Å². The van der Waals surface area contributed by atoms with Crippen molar-refractivity contribution in [2.75, 3.05) is 13.2 Å². The molecule has 13 heavy (non-hydrogen) atoms. The van der Waals surface area contributed by atoms with E-state index in [2.05, 4.69) is 5.32 Å². The van der Waals surface area contributed by atoms with Crippen molar-refractivity contribution in [1.82, 2.24) is 5.32 Å². The van der Waals surface area contributed by atoms with E-state index in [1.807, 2.05) is 0 Å². The molecule has 4 nitrogen and oxygen atoms in total. The summed E-state index contributed by atoms with van der Waals surface area (Å²) in [6.45, 7) is 1.72. The summed E-state index contributed by atoms with van der Waals surface area (Å²) >= 11 is 0. The van der Waals surface area contributed by atoms with Crippen LogP contribution >= 0.6 is 0 Å². The van der Waals surface area contributed by atoms with Crippen LogP contribution < -0.4 is 5.32 Å². The van der Waals surface area contributed by atoms with Crippen molar-refractivity contribution in [3.8, 4) is 0 Å². The smallest absolute Gasteiger partial charge is 0.290 e. The first-order valence-electron chi connectivity index (χ1n) is 4.81. The molecular weight excluding hydrogens is 170 g/mol. The largest absolute Gasteiger partial charge is 0.483 e. The number of carbonyl (C=O) groups is 1. The SMILES string of the molecule is C1CCC2OCCNC2C1.O=CO. The molecule has 0 aromatic carbocycles. The third-order valence-corrected chi connectivity index (χ3v) is 2.54. The normalized spacial score (nSPS) is 32.3. The average Bonchev–Trinajstić information content (AvgIpc) is 2.19. The van der Waals surface area contributed by atoms with Gasteiger partial charge in [-0.05, 0) is 12.8 Å². The molecule has 0 bridgehead atoms. The molecular formula is C9H17NO3. The van der Waals surface area contributed by atoms with Gasteiger partial charge in [-0.3, -0.25) is 4.79 Å². The molecule has 4 heteroatoms. The Morgan fingerprint density at radius 1 is 1.38 bits per heavy atom. The van der Waals surface area contributed by atoms with Gasteiger partial charge >= 0.3 is 0 Å². The highest BCUT2D eigenvalue weighted by atomic mass is 16.5. The van der Waals surface area contributed by atoms with Crippen LogP contribution in [0.4, 0.5) is 0 Å². The van der Waals surface area contributed by atoms with Crippen LogP contribution in [0.5, 0.6) is 0 Å². The van der Waals surface area contributed by atoms with Gasteiger partial charge in [0.15, 0.2) is 0 Å². The molecule has 2 aliphatic rings. The van der Waals surface area contributed by atoms with Crippen LogP contribution in [0, 0.1) is 0 Å². The summed E-state index contributed by atoms with van der Waals surface area (Å²) in [7, 11) is 0. The fourth-order valence-electron chi connectivity index (χ4n) is 1.98. The van der Waals surface area contributed by atoms with Gasteiger partial charge in [-0.2, -0.15) is 0 Å². The number of rotatable bonds is 0. The maximum atomic E-state index is 8.36. The fourth-order valence-corrected chi connectivity index (χ4v) is 1.98. The van der Waals surface area contributed by atoms with E-state index in [1.54, 1.807) is 0 Å². The Morgan fingerprint density at radius 3 is 2.77 bits per heavy atom. The summed E-state index contributed by atoms with van der Waals surface area (Å²) in [6.07, 6.45) is 5.89. The summed E-state index contributed by atoms with van der Waals surface area (Å²) in [5.74, 6) is 0. The molecule has 0 amide bonds. The predicted octanol–water partition coefficient (Wildman–Crippen LogP) is 0.618. The van der Waals surface area contributed by atoms with E-state index in [9.17, 15) is 0 Å². The zero-order valence-corrected chi connectivity index (χ0v) is 7.74. The van der Waals surface area contributed by atoms with E-state index in [0.717, 1.165) is 13.2 Å². The van der Waals surface area contributed by atoms with Crippen molar-refractivity contribution >= 4 is 6.47 Å². The van der Waals surface area contributed by atoms with Gasteiger partial charge in [0.2, 0.25) is 0 Å². The number of hydrogen-bond donors (Lipinski definition) is 2. The Bertz CT molecular complexity index is 126. The van der Waals surface area contributed by atoms with E-state index in [0.29, 0.717) is 12.1 Å². The number of ether oxygens (including phenoxy) is 1. The van der Waals surface area contributed by atoms with E-state index in [4.69, 9.17) is 14.6 Å². The van der Waals surface area contributed by atoms with Crippen molar-refractivity contribution in [3.63, 3.8) is 0 Å². The minimum Gasteiger partial charge on any atom is -0.483 e. The van der Waals surface area contributed by atoms with Crippen LogP contribution in [0.1, 0.15) is 25.7 Å². The second-order valence-electron chi connectivity index (χ2n) is 3.36. The second kappa shape index (κ2) is 5.94. The zero-order valence-electron chi connectivity index (χ0n) is 7.74. The van der Waals surface area contributed by atoms with Gasteiger partial charge in [0.1, 0.15) is 0 Å². The van der Waals surface area contributed by atoms with Crippen molar-refractivity contribution < 1.29 is 14.6 Å². The lowest BCUT2D eigenvalue weighted by atomic mass is 9.92. The summed E-state index contributed by atoms with van der Waals surface area (Å²) < 4.78 is 5.62. The molecule has 1 saturated carbocycles. The first-order chi connectivity index (χ1) is 6.38. The van der Waals surface area contributed by atoms with Crippen LogP contribution in [0.3, 0.4) is 0 Å². The maximum absolute atomic E-state index is 8.36. The van der Waals surface area contributed by atoms with E-state index >= 15 is 0 Å². The molecule has 2 unspecified atom stereocenters. The van der Waals surface area contributed by atoms with Crippen molar-refractivity contribution in [3.05, 3.63) is 0 Å². The van der Waals surface area contributed by atoms with Crippen LogP contribution in [0.2, 0.25) is 0 Å². The monoisotopic (exact) mass is 187 g/mol. The van der Waals surface area contributed by atoms with Gasteiger partial charge < -0.3 is 15.2 Å². The van der Waals surface area contributed by atoms with Crippen LogP contribution in [-0.4, -0.2) is 36.9 Å². The van der Waals surface area contributed by atoms with E-state index in [1.165, 1.54) is 25.7 Å². The van der Waals surface area contributed by atoms with Crippen molar-refractivity contribution in [1.29, 1.82) is 0 Å². The average molecular weight is 187 g/mol. The Labute approximate surface area is 78.3 Å². The number of carboxylic acid groups (broad SMARTS) is 1. The lowest BCUT2D eigenvalue weighted by Crippen LogP contribution is -2.49. The molecule has 0 spiro atoms. The van der Waals surface area contributed by atoms with E-state index < -0.39 is 0 Å². The van der Waals surface area contributed by atoms with Crippen LogP contribution in [-0.2, 0) is 9.53 Å². The van der Waals surface area contributed by atoms with Gasteiger partial charge in [0.25, 0.3) is 6.47 Å². The molecule has 1 aliphatic carbocycles. The lowest BCUT2D eigenvalue weighted by molar-refractivity contribution is -0.122. The van der Waals surface area contributed by atoms with Gasteiger partial charge in [0.05, 0.1) is 12.7 Å². The fraction of sp³-hybridized carbons (Fsp3) is 0.889. The minimum atomic E-state index is -0.250. The molecule has 76 valence electrons. The number of nitrogens with one attached hydrogen (secondary N) is 1. The van der Waals surface area contributed by atoms with Crippen molar-refractivity contribution in [2.45, 2.75) is 37.8 Å². The second-order valence-corrected chi connectivity index (χ2v) is 3.36. The predicted molar refractivity (Wildman–Crippen MR) is 48.7 cm³/mol. The molecule has 2 N–H and O–H groups in total. The highest BCUT2D eigenvalue weighted by Gasteiger charge is 2.27. The summed E-state index contributed by atoms with van der Waals surface area (Å²) in [4.78, 5) is 8.36. The molecule has 0 aromatic heterocycles. The summed E-state index contributed by atoms with van der Waals surface area (Å²) in [5, 5.41) is 10.4. The molecule has 1 heterocycles. The van der Waals surface area contributed by atoms with Gasteiger partial charge in [0, 0.05) is 12.6 Å². The zero-order chi connectivity index (χ0) is 9.52. The third kappa shape index (κ3) is 3.32. The first-order valence-corrected chi connectivity index (χ1v) is 4.81. The number of morpholine rings is 1. The standard InChI is InChI=1S/C8H15NO.CH2O2/c1-2-4-8-7(3-1)9-5-6-10-8;2-1-3/h7-9H,1-6H2;1H,(H,2,3). The number of fused-ring (bicyclic) bond motifs is 1. The molecule has 2 atom stereocenters. The molecule has 0 radical (unpaired) electrons. The van der Waals surface area contributed by atoms with E-state index in [-0.39, 0.29) is 6.47 Å². The maximum Gasteiger partial charge on any atom is 0.290 e. The Balaban J connectivity index is 0.000000251. The summed E-state index contributed by atoms with van der Waals surface area (Å²) in [5.41, 5.74) is 0. The Hall–Kier alpha value is -0.610. The van der Waals surface area contributed by atoms with Crippen LogP contribution in [0.25, 0.3) is 0 Å². The Morgan fingerprint density at radius 2 is 2.08 bits per heavy atom. The molecule has 1 aliphatic heterocycles. The molecule has 2 fully saturated rings. The highest BCUT2D eigenvalue weighted by molar-refractivity contribution is 5.32.